The van der Waals surface area contributed by atoms with Gasteiger partial charge in [0, 0.05) is 31.2 Å². The number of carbonyl (C=O) groups is 4. The first-order chi connectivity index (χ1) is 8.99. The lowest BCUT2D eigenvalue weighted by atomic mass is 10.4. The van der Waals surface area contributed by atoms with Gasteiger partial charge >= 0.3 is 12.0 Å². The molecule has 0 aromatic rings. The molecule has 0 bridgehead atoms. The number of amides is 4. The molecule has 0 saturated heterocycles. The summed E-state index contributed by atoms with van der Waals surface area (Å²) in [6, 6.07) is -0.749. The van der Waals surface area contributed by atoms with E-state index in [1.54, 1.807) is 0 Å². The fraction of sp³-hybridized carbons (Fsp3) is 0.455. The van der Waals surface area contributed by atoms with E-state index in [4.69, 9.17) is 5.11 Å². The summed E-state index contributed by atoms with van der Waals surface area (Å²) in [6.45, 7) is 0.460. The first-order valence-electron chi connectivity index (χ1n) is 5.76. The second-order valence-electron chi connectivity index (χ2n) is 3.98. The van der Waals surface area contributed by atoms with Crippen LogP contribution in [0, 0.1) is 5.92 Å². The molecular formula is C11H15N3O5. The Kier molecular flexibility index (Phi) is 5.52. The predicted octanol–water partition coefficient (Wildman–Crippen LogP) is -1.02. The number of imide groups is 1. The Bertz CT molecular complexity index is 415. The maximum atomic E-state index is 11.2. The minimum Gasteiger partial charge on any atom is -0.478 e. The van der Waals surface area contributed by atoms with Crippen molar-refractivity contribution < 1.29 is 24.3 Å². The van der Waals surface area contributed by atoms with Crippen molar-refractivity contribution in [1.29, 1.82) is 0 Å². The van der Waals surface area contributed by atoms with Crippen LogP contribution in [0.4, 0.5) is 4.79 Å². The maximum absolute atomic E-state index is 11.2. The molecule has 0 aliphatic heterocycles. The summed E-state index contributed by atoms with van der Waals surface area (Å²) in [7, 11) is 0. The Morgan fingerprint density at radius 3 is 2.26 bits per heavy atom. The number of rotatable bonds is 6. The quantitative estimate of drug-likeness (QED) is 0.363. The third-order valence-corrected chi connectivity index (χ3v) is 2.27. The van der Waals surface area contributed by atoms with Gasteiger partial charge in [0.1, 0.15) is 0 Å². The van der Waals surface area contributed by atoms with Gasteiger partial charge in [-0.25, -0.2) is 9.59 Å². The van der Waals surface area contributed by atoms with Crippen LogP contribution < -0.4 is 16.0 Å². The number of nitrogens with one attached hydrogen (secondary N) is 3. The molecule has 0 atom stereocenters. The molecule has 1 aliphatic rings. The number of urea groups is 1. The van der Waals surface area contributed by atoms with Gasteiger partial charge in [0.05, 0.1) is 0 Å². The van der Waals surface area contributed by atoms with Crippen LogP contribution in [0.3, 0.4) is 0 Å². The van der Waals surface area contributed by atoms with Crippen LogP contribution in [0.2, 0.25) is 0 Å². The van der Waals surface area contributed by atoms with Gasteiger partial charge < -0.3 is 15.7 Å². The van der Waals surface area contributed by atoms with Crippen LogP contribution in [-0.4, -0.2) is 42.0 Å². The molecule has 19 heavy (non-hydrogen) atoms. The number of carboxylic acid groups (broad SMARTS) is 1. The van der Waals surface area contributed by atoms with E-state index in [0.717, 1.165) is 18.9 Å². The molecule has 0 heterocycles. The van der Waals surface area contributed by atoms with Crippen LogP contribution >= 0.6 is 0 Å². The van der Waals surface area contributed by atoms with E-state index in [1.165, 1.54) is 0 Å². The molecule has 0 spiro atoms. The summed E-state index contributed by atoms with van der Waals surface area (Å²) >= 11 is 0. The minimum absolute atomic E-state index is 0.0253. The minimum atomic E-state index is -1.28. The van der Waals surface area contributed by atoms with Gasteiger partial charge in [0.15, 0.2) is 0 Å². The SMILES string of the molecule is O=C(O)/C=C/C(=O)NC(=O)NCCNC(=O)C1CC1. The fourth-order valence-corrected chi connectivity index (χ4v) is 1.20. The highest BCUT2D eigenvalue weighted by atomic mass is 16.4. The van der Waals surface area contributed by atoms with Crippen molar-refractivity contribution in [2.75, 3.05) is 13.1 Å². The highest BCUT2D eigenvalue weighted by Gasteiger charge is 2.28. The highest BCUT2D eigenvalue weighted by molar-refractivity contribution is 6.02. The number of aliphatic carboxylic acids is 1. The zero-order chi connectivity index (χ0) is 14.3. The molecule has 0 aromatic carbocycles. The lowest BCUT2D eigenvalue weighted by molar-refractivity contribution is -0.131. The van der Waals surface area contributed by atoms with E-state index in [1.807, 2.05) is 5.32 Å². The Labute approximate surface area is 109 Å². The van der Waals surface area contributed by atoms with Gasteiger partial charge in [-0.1, -0.05) is 0 Å². The van der Waals surface area contributed by atoms with E-state index < -0.39 is 17.9 Å². The van der Waals surface area contributed by atoms with Gasteiger partial charge in [-0.15, -0.1) is 0 Å². The zero-order valence-electron chi connectivity index (χ0n) is 10.1. The second-order valence-corrected chi connectivity index (χ2v) is 3.98. The molecule has 4 amide bonds. The van der Waals surface area contributed by atoms with Gasteiger partial charge in [0.2, 0.25) is 5.91 Å². The Hall–Kier alpha value is -2.38. The average molecular weight is 269 g/mol. The van der Waals surface area contributed by atoms with Crippen LogP contribution in [-0.2, 0) is 14.4 Å². The van der Waals surface area contributed by atoms with Crippen molar-refractivity contribution >= 4 is 23.8 Å². The molecule has 8 nitrogen and oxygen atoms in total. The lowest BCUT2D eigenvalue weighted by Crippen LogP contribution is -2.42. The van der Waals surface area contributed by atoms with Gasteiger partial charge in [0.25, 0.3) is 5.91 Å². The highest BCUT2D eigenvalue weighted by Crippen LogP contribution is 2.28. The maximum Gasteiger partial charge on any atom is 0.328 e. The number of hydrogen-bond acceptors (Lipinski definition) is 4. The summed E-state index contributed by atoms with van der Waals surface area (Å²) in [6.07, 6.45) is 3.17. The Balaban J connectivity index is 2.08. The van der Waals surface area contributed by atoms with Crippen molar-refractivity contribution in [2.24, 2.45) is 5.92 Å². The summed E-state index contributed by atoms with van der Waals surface area (Å²) in [5.74, 6) is -2.03. The monoisotopic (exact) mass is 269 g/mol. The lowest BCUT2D eigenvalue weighted by Gasteiger charge is -2.06. The molecule has 0 aromatic heterocycles. The molecule has 0 radical (unpaired) electrons. The third kappa shape index (κ3) is 6.81. The third-order valence-electron chi connectivity index (χ3n) is 2.27. The fourth-order valence-electron chi connectivity index (χ4n) is 1.20. The van der Waals surface area contributed by atoms with Crippen LogP contribution in [0.25, 0.3) is 0 Å². The summed E-state index contributed by atoms with van der Waals surface area (Å²) in [5, 5.41) is 15.2. The molecule has 104 valence electrons. The van der Waals surface area contributed by atoms with E-state index in [9.17, 15) is 19.2 Å². The number of hydrogen-bond donors (Lipinski definition) is 4. The van der Waals surface area contributed by atoms with E-state index in [0.29, 0.717) is 6.08 Å². The van der Waals surface area contributed by atoms with Crippen molar-refractivity contribution in [3.63, 3.8) is 0 Å². The molecule has 8 heteroatoms. The van der Waals surface area contributed by atoms with Crippen molar-refractivity contribution in [3.05, 3.63) is 12.2 Å². The van der Waals surface area contributed by atoms with Crippen LogP contribution in [0.15, 0.2) is 12.2 Å². The van der Waals surface area contributed by atoms with E-state index >= 15 is 0 Å². The van der Waals surface area contributed by atoms with Gasteiger partial charge in [-0.3, -0.25) is 14.9 Å². The van der Waals surface area contributed by atoms with Crippen molar-refractivity contribution in [3.8, 4) is 0 Å². The second kappa shape index (κ2) is 7.14. The van der Waals surface area contributed by atoms with E-state index in [2.05, 4.69) is 10.6 Å². The predicted molar refractivity (Wildman–Crippen MR) is 64.1 cm³/mol. The smallest absolute Gasteiger partial charge is 0.328 e. The topological polar surface area (TPSA) is 125 Å². The van der Waals surface area contributed by atoms with Crippen molar-refractivity contribution in [2.45, 2.75) is 12.8 Å². The normalized spacial score (nSPS) is 13.9. The van der Waals surface area contributed by atoms with Gasteiger partial charge in [-0.2, -0.15) is 0 Å². The first-order valence-corrected chi connectivity index (χ1v) is 5.76. The zero-order valence-corrected chi connectivity index (χ0v) is 10.1. The van der Waals surface area contributed by atoms with Crippen LogP contribution in [0.1, 0.15) is 12.8 Å². The molecule has 1 rings (SSSR count). The molecule has 1 aliphatic carbocycles. The molecule has 1 saturated carbocycles. The number of carbonyl (C=O) groups excluding carboxylic acids is 3. The van der Waals surface area contributed by atoms with Crippen LogP contribution in [0.5, 0.6) is 0 Å². The molecular weight excluding hydrogens is 254 g/mol. The summed E-state index contributed by atoms with van der Waals surface area (Å²) in [5.41, 5.74) is 0. The summed E-state index contributed by atoms with van der Waals surface area (Å²) < 4.78 is 0. The summed E-state index contributed by atoms with van der Waals surface area (Å²) in [4.78, 5) is 43.5. The number of carboxylic acids is 1. The Morgan fingerprint density at radius 1 is 1.05 bits per heavy atom. The van der Waals surface area contributed by atoms with Gasteiger partial charge in [-0.05, 0) is 12.8 Å². The molecule has 1 fully saturated rings. The van der Waals surface area contributed by atoms with Crippen molar-refractivity contribution in [1.82, 2.24) is 16.0 Å². The first kappa shape index (κ1) is 14.7. The Morgan fingerprint density at radius 2 is 1.68 bits per heavy atom. The van der Waals surface area contributed by atoms with E-state index in [-0.39, 0.29) is 24.9 Å². The standard InChI is InChI=1S/C11H15N3O5/c15-8(3-4-9(16)17)14-11(19)13-6-5-12-10(18)7-1-2-7/h3-4,7H,1-2,5-6H2,(H,12,18)(H,16,17)(H2,13,14,15,19)/b4-3+. The molecule has 0 unspecified atom stereocenters. The largest absolute Gasteiger partial charge is 0.478 e. The molecule has 4 N–H and O–H groups in total. The average Bonchev–Trinajstić information content (AvgIpc) is 3.16.